The molecular weight excluding hydrogens is 550 g/mol. The Morgan fingerprint density at radius 3 is 2.35 bits per heavy atom. The van der Waals surface area contributed by atoms with Crippen molar-refractivity contribution in [2.75, 3.05) is 18.0 Å². The minimum Gasteiger partial charge on any atom is -0.316 e. The summed E-state index contributed by atoms with van der Waals surface area (Å²) < 4.78 is 115. The number of carbonyl (C=O) groups is 1. The molecule has 3 heterocycles. The number of benzene rings is 2. The first-order valence-corrected chi connectivity index (χ1v) is 12.2. The fourth-order valence-corrected chi connectivity index (χ4v) is 5.10. The van der Waals surface area contributed by atoms with Gasteiger partial charge in [0.25, 0.3) is 5.91 Å². The fraction of sp³-hybridized carbons (Fsp3) is 0.423. The molecule has 5 rings (SSSR count). The fourth-order valence-electron chi connectivity index (χ4n) is 5.10. The molecule has 1 atom stereocenters. The molecule has 2 aliphatic heterocycles. The number of aromatic nitrogens is 3. The summed E-state index contributed by atoms with van der Waals surface area (Å²) in [5.74, 6) is -6.76. The van der Waals surface area contributed by atoms with Crippen molar-refractivity contribution in [2.24, 2.45) is 13.0 Å². The van der Waals surface area contributed by atoms with Crippen molar-refractivity contribution in [1.29, 1.82) is 0 Å². The number of carbonyl (C=O) groups excluding carboxylic acids is 1. The normalized spacial score (nSPS) is 18.3. The predicted octanol–water partition coefficient (Wildman–Crippen LogP) is 5.67. The Hall–Kier alpha value is -3.55. The number of likely N-dealkylation sites (tertiary alicyclic amines) is 1. The second kappa shape index (κ2) is 9.53. The van der Waals surface area contributed by atoms with Gasteiger partial charge in [0.15, 0.2) is 0 Å². The number of anilines is 1. The van der Waals surface area contributed by atoms with Crippen LogP contribution in [0.15, 0.2) is 42.7 Å². The van der Waals surface area contributed by atoms with Gasteiger partial charge < -0.3 is 9.47 Å². The molecule has 3 aromatic rings. The van der Waals surface area contributed by atoms with E-state index in [2.05, 4.69) is 10.2 Å². The molecule has 14 heteroatoms. The Labute approximate surface area is 223 Å². The van der Waals surface area contributed by atoms with Crippen molar-refractivity contribution in [3.63, 3.8) is 0 Å². The van der Waals surface area contributed by atoms with Crippen molar-refractivity contribution in [1.82, 2.24) is 19.7 Å². The minimum absolute atomic E-state index is 0.0178. The smallest absolute Gasteiger partial charge is 0.316 e. The molecule has 0 radical (unpaired) electrons. The number of aryl methyl sites for hydroxylation is 1. The van der Waals surface area contributed by atoms with Crippen LogP contribution in [0.1, 0.15) is 45.4 Å². The highest BCUT2D eigenvalue weighted by Crippen LogP contribution is 2.48. The lowest BCUT2D eigenvalue weighted by Crippen LogP contribution is -2.49. The van der Waals surface area contributed by atoms with E-state index in [0.29, 0.717) is 6.92 Å². The number of nitrogens with zero attached hydrogens (tertiary/aromatic N) is 5. The summed E-state index contributed by atoms with van der Waals surface area (Å²) in [6.45, 7) is 0.101. The maximum atomic E-state index is 15.7. The molecule has 1 saturated heterocycles. The van der Waals surface area contributed by atoms with Gasteiger partial charge in [-0.05, 0) is 47.9 Å². The number of hydrogen-bond donors (Lipinski definition) is 0. The highest BCUT2D eigenvalue weighted by molar-refractivity contribution is 6.10. The Morgan fingerprint density at radius 2 is 1.75 bits per heavy atom. The monoisotopic (exact) mass is 573 g/mol. The Kier molecular flexibility index (Phi) is 6.67. The van der Waals surface area contributed by atoms with Crippen molar-refractivity contribution in [2.45, 2.75) is 44.2 Å². The minimum atomic E-state index is -4.83. The standard InChI is InChI=1S/C26H23F8N5O/c1-24(29,25(30,31)23-36-35-13-37(23)2)16-4-3-5-17(8-16)39-12-19-18(22(39)40)6-14(7-20(19)26(32,33)34)9-38-10-15(11-38)21(27)28/h3-8,13,15,21H,9-12H2,1-2H3/t24-/m1/s1. The number of rotatable bonds is 7. The van der Waals surface area contributed by atoms with Gasteiger partial charge in [0, 0.05) is 43.9 Å². The van der Waals surface area contributed by atoms with E-state index in [4.69, 9.17) is 0 Å². The van der Waals surface area contributed by atoms with Crippen LogP contribution in [-0.2, 0) is 37.9 Å². The van der Waals surface area contributed by atoms with Crippen LogP contribution in [0.25, 0.3) is 0 Å². The first-order chi connectivity index (χ1) is 18.6. The molecule has 1 aromatic heterocycles. The molecule has 0 aliphatic carbocycles. The highest BCUT2D eigenvalue weighted by atomic mass is 19.4. The molecule has 1 fully saturated rings. The second-order valence-corrected chi connectivity index (χ2v) is 10.2. The van der Waals surface area contributed by atoms with Gasteiger partial charge in [-0.25, -0.2) is 13.2 Å². The van der Waals surface area contributed by atoms with E-state index in [1.165, 1.54) is 25.2 Å². The lowest BCUT2D eigenvalue weighted by molar-refractivity contribution is -0.149. The molecule has 0 unspecified atom stereocenters. The van der Waals surface area contributed by atoms with Gasteiger partial charge in [-0.15, -0.1) is 10.2 Å². The van der Waals surface area contributed by atoms with Crippen LogP contribution in [0, 0.1) is 5.92 Å². The summed E-state index contributed by atoms with van der Waals surface area (Å²) >= 11 is 0. The average Bonchev–Trinajstić information content (AvgIpc) is 3.43. The van der Waals surface area contributed by atoms with E-state index < -0.39 is 59.5 Å². The van der Waals surface area contributed by atoms with Crippen LogP contribution in [0.5, 0.6) is 0 Å². The van der Waals surface area contributed by atoms with Crippen LogP contribution >= 0.6 is 0 Å². The SMILES string of the molecule is Cn1cnnc1C(F)(F)[C@](C)(F)c1cccc(N2Cc3c(cc(CN4CC(C(F)F)C4)cc3C(F)(F)F)C2=O)c1. The molecule has 214 valence electrons. The summed E-state index contributed by atoms with van der Waals surface area (Å²) in [7, 11) is 1.22. The lowest BCUT2D eigenvalue weighted by atomic mass is 9.90. The van der Waals surface area contributed by atoms with E-state index in [1.807, 2.05) is 0 Å². The van der Waals surface area contributed by atoms with E-state index in [-0.39, 0.29) is 42.0 Å². The molecule has 0 N–H and O–H groups in total. The first kappa shape index (κ1) is 28.0. The third-order valence-electron chi connectivity index (χ3n) is 7.44. The van der Waals surface area contributed by atoms with Gasteiger partial charge in [-0.2, -0.15) is 22.0 Å². The Bertz CT molecular complexity index is 1450. The zero-order valence-corrected chi connectivity index (χ0v) is 21.2. The van der Waals surface area contributed by atoms with Crippen molar-refractivity contribution in [3.05, 3.63) is 76.4 Å². The van der Waals surface area contributed by atoms with Crippen molar-refractivity contribution >= 4 is 11.6 Å². The molecule has 0 spiro atoms. The zero-order chi connectivity index (χ0) is 29.2. The maximum absolute atomic E-state index is 15.7. The summed E-state index contributed by atoms with van der Waals surface area (Å²) in [5.41, 5.74) is -5.40. The second-order valence-electron chi connectivity index (χ2n) is 10.2. The topological polar surface area (TPSA) is 54.3 Å². The molecule has 0 saturated carbocycles. The van der Waals surface area contributed by atoms with Crippen LogP contribution < -0.4 is 4.90 Å². The molecular formula is C26H23F8N5O. The van der Waals surface area contributed by atoms with Crippen molar-refractivity contribution < 1.29 is 39.9 Å². The van der Waals surface area contributed by atoms with Gasteiger partial charge in [0.2, 0.25) is 17.9 Å². The number of alkyl halides is 8. The largest absolute Gasteiger partial charge is 0.416 e. The Morgan fingerprint density at radius 1 is 1.05 bits per heavy atom. The van der Waals surface area contributed by atoms with Gasteiger partial charge >= 0.3 is 12.1 Å². The van der Waals surface area contributed by atoms with Gasteiger partial charge in [0.05, 0.1) is 12.1 Å². The third-order valence-corrected chi connectivity index (χ3v) is 7.44. The third kappa shape index (κ3) is 4.61. The summed E-state index contributed by atoms with van der Waals surface area (Å²) in [5, 5.41) is 6.68. The Balaban J connectivity index is 1.46. The van der Waals surface area contributed by atoms with Crippen molar-refractivity contribution in [3.8, 4) is 0 Å². The first-order valence-electron chi connectivity index (χ1n) is 12.2. The number of hydrogen-bond acceptors (Lipinski definition) is 4. The van der Waals surface area contributed by atoms with Gasteiger partial charge in [-0.1, -0.05) is 12.1 Å². The number of amides is 1. The molecule has 0 bridgehead atoms. The van der Waals surface area contributed by atoms with Crippen LogP contribution in [0.3, 0.4) is 0 Å². The molecule has 2 aromatic carbocycles. The van der Waals surface area contributed by atoms with Crippen LogP contribution in [-0.4, -0.2) is 45.1 Å². The van der Waals surface area contributed by atoms with Gasteiger partial charge in [0.1, 0.15) is 6.33 Å². The number of fused-ring (bicyclic) bond motifs is 1. The van der Waals surface area contributed by atoms with E-state index in [1.54, 1.807) is 4.90 Å². The van der Waals surface area contributed by atoms with Gasteiger partial charge in [-0.3, -0.25) is 9.69 Å². The molecule has 6 nitrogen and oxygen atoms in total. The lowest BCUT2D eigenvalue weighted by Gasteiger charge is -2.38. The quantitative estimate of drug-likeness (QED) is 0.342. The van der Waals surface area contributed by atoms with Crippen LogP contribution in [0.2, 0.25) is 0 Å². The van der Waals surface area contributed by atoms with E-state index >= 15 is 13.2 Å². The van der Waals surface area contributed by atoms with E-state index in [0.717, 1.165) is 34.0 Å². The predicted molar refractivity (Wildman–Crippen MR) is 127 cm³/mol. The number of halogens is 8. The summed E-state index contributed by atoms with van der Waals surface area (Å²) in [6.07, 6.45) is -6.37. The molecule has 1 amide bonds. The average molecular weight is 573 g/mol. The molecule has 40 heavy (non-hydrogen) atoms. The highest BCUT2D eigenvalue weighted by Gasteiger charge is 2.57. The van der Waals surface area contributed by atoms with E-state index in [9.17, 15) is 26.7 Å². The maximum Gasteiger partial charge on any atom is 0.416 e. The van der Waals surface area contributed by atoms with Crippen LogP contribution in [0.4, 0.5) is 40.8 Å². The summed E-state index contributed by atoms with van der Waals surface area (Å²) in [6, 6.07) is 6.79. The molecule has 2 aliphatic rings. The zero-order valence-electron chi connectivity index (χ0n) is 21.2. The summed E-state index contributed by atoms with van der Waals surface area (Å²) in [4.78, 5) is 15.8.